The molecule has 1 heterocycles. The van der Waals surface area contributed by atoms with Crippen molar-refractivity contribution in [3.05, 3.63) is 89.2 Å². The van der Waals surface area contributed by atoms with Crippen LogP contribution in [0.3, 0.4) is 0 Å². The van der Waals surface area contributed by atoms with Gasteiger partial charge in [-0.25, -0.2) is 0 Å². The smallest absolute Gasteiger partial charge is 0.251 e. The second-order valence-electron chi connectivity index (χ2n) is 9.18. The van der Waals surface area contributed by atoms with Gasteiger partial charge < -0.3 is 15.8 Å². The molecule has 1 aliphatic rings. The largest absolute Gasteiger partial charge is 0.490 e. The van der Waals surface area contributed by atoms with Gasteiger partial charge >= 0.3 is 0 Å². The van der Waals surface area contributed by atoms with E-state index in [0.29, 0.717) is 22.7 Å². The minimum Gasteiger partial charge on any atom is -0.490 e. The lowest BCUT2D eigenvalue weighted by Gasteiger charge is -2.19. The highest BCUT2D eigenvalue weighted by atomic mass is 16.5. The molecule has 6 nitrogen and oxygen atoms in total. The van der Waals surface area contributed by atoms with Gasteiger partial charge in [0.2, 0.25) is 0 Å². The van der Waals surface area contributed by atoms with Gasteiger partial charge in [0.25, 0.3) is 5.91 Å². The maximum absolute atomic E-state index is 13.1. The first-order chi connectivity index (χ1) is 17.0. The molecule has 2 unspecified atom stereocenters. The summed E-state index contributed by atoms with van der Waals surface area (Å²) in [6.07, 6.45) is 7.16. The predicted molar refractivity (Wildman–Crippen MR) is 140 cm³/mol. The Morgan fingerprint density at radius 3 is 2.49 bits per heavy atom. The molecule has 0 aliphatic heterocycles. The highest BCUT2D eigenvalue weighted by molar-refractivity contribution is 6.14. The van der Waals surface area contributed by atoms with Crippen molar-refractivity contribution in [2.45, 2.75) is 58.1 Å². The summed E-state index contributed by atoms with van der Waals surface area (Å²) in [4.78, 5) is 17.6. The Balaban J connectivity index is 1.49. The molecule has 2 atom stereocenters. The molecular weight excluding hydrogens is 436 g/mol. The normalized spacial score (nSPS) is 14.7. The number of carbonyl (C=O) groups is 1. The molecule has 1 amide bonds. The lowest BCUT2D eigenvalue weighted by molar-refractivity contribution is 0.0930. The first-order valence-electron chi connectivity index (χ1n) is 12.5. The number of rotatable bonds is 11. The first-order valence-corrected chi connectivity index (χ1v) is 12.5. The maximum Gasteiger partial charge on any atom is 0.251 e. The molecule has 182 valence electrons. The Hall–Kier alpha value is -3.67. The van der Waals surface area contributed by atoms with Crippen LogP contribution in [0.5, 0.6) is 5.75 Å². The van der Waals surface area contributed by atoms with E-state index in [-0.39, 0.29) is 23.8 Å². The topological polar surface area (TPSA) is 101 Å². The molecule has 1 saturated carbocycles. The maximum atomic E-state index is 13.1. The summed E-state index contributed by atoms with van der Waals surface area (Å²) in [5.41, 5.74) is 9.55. The third-order valence-electron chi connectivity index (χ3n) is 6.48. The molecule has 0 bridgehead atoms. The van der Waals surface area contributed by atoms with Crippen LogP contribution in [0.1, 0.15) is 79.2 Å². The van der Waals surface area contributed by atoms with Gasteiger partial charge in [-0.05, 0) is 86.2 Å². The molecule has 6 heteroatoms. The number of hydrogen-bond donors (Lipinski definition) is 3. The van der Waals surface area contributed by atoms with Crippen LogP contribution in [-0.4, -0.2) is 22.7 Å². The van der Waals surface area contributed by atoms with Crippen LogP contribution in [0.2, 0.25) is 0 Å². The standard InChI is InChI=1S/C29H34N4O2/c1-3-7-22(4-2)35-23-14-11-19(12-15-23)27(31)24-18-21(13-16-25(24)30)29(34)33-28(20-9-10-20)26-8-5-6-17-32-26/h5-6,8,11-18,20,22,28,31H,3-4,7,9-10,30H2,1-2H3,(H,33,34). The number of anilines is 1. The number of nitrogens with one attached hydrogen (secondary N) is 2. The number of amides is 1. The monoisotopic (exact) mass is 470 g/mol. The van der Waals surface area contributed by atoms with Crippen LogP contribution in [0.25, 0.3) is 0 Å². The summed E-state index contributed by atoms with van der Waals surface area (Å²) < 4.78 is 6.06. The molecule has 4 rings (SSSR count). The molecule has 1 fully saturated rings. The molecule has 2 aromatic carbocycles. The third-order valence-corrected chi connectivity index (χ3v) is 6.48. The number of aromatic nitrogens is 1. The van der Waals surface area contributed by atoms with Gasteiger partial charge in [-0.2, -0.15) is 0 Å². The van der Waals surface area contributed by atoms with Gasteiger partial charge in [0.05, 0.1) is 23.6 Å². The van der Waals surface area contributed by atoms with Crippen molar-refractivity contribution in [2.75, 3.05) is 5.73 Å². The predicted octanol–water partition coefficient (Wildman–Crippen LogP) is 5.92. The van der Waals surface area contributed by atoms with E-state index in [0.717, 1.165) is 49.1 Å². The van der Waals surface area contributed by atoms with Crippen molar-refractivity contribution in [3.8, 4) is 5.75 Å². The summed E-state index contributed by atoms with van der Waals surface area (Å²) in [7, 11) is 0. The molecule has 0 spiro atoms. The summed E-state index contributed by atoms with van der Waals surface area (Å²) in [5, 5.41) is 11.9. The van der Waals surface area contributed by atoms with Crippen LogP contribution in [-0.2, 0) is 0 Å². The number of hydrogen-bond acceptors (Lipinski definition) is 5. The van der Waals surface area contributed by atoms with Crippen molar-refractivity contribution in [1.82, 2.24) is 10.3 Å². The highest BCUT2D eigenvalue weighted by Gasteiger charge is 2.34. The van der Waals surface area contributed by atoms with Crippen molar-refractivity contribution in [1.29, 1.82) is 5.41 Å². The minimum atomic E-state index is -0.188. The van der Waals surface area contributed by atoms with Crippen LogP contribution in [0.15, 0.2) is 66.9 Å². The van der Waals surface area contributed by atoms with Crippen molar-refractivity contribution < 1.29 is 9.53 Å². The number of nitrogens with two attached hydrogens (primary N) is 1. The lowest BCUT2D eigenvalue weighted by atomic mass is 9.98. The number of ether oxygens (including phenoxy) is 1. The molecule has 1 aliphatic carbocycles. The van der Waals surface area contributed by atoms with Crippen LogP contribution in [0, 0.1) is 11.3 Å². The minimum absolute atomic E-state index is 0.114. The van der Waals surface area contributed by atoms with E-state index in [9.17, 15) is 4.79 Å². The number of benzene rings is 2. The van der Waals surface area contributed by atoms with Gasteiger partial charge in [-0.1, -0.05) is 26.3 Å². The fourth-order valence-electron chi connectivity index (χ4n) is 4.28. The van der Waals surface area contributed by atoms with Crippen molar-refractivity contribution >= 4 is 17.3 Å². The Morgan fingerprint density at radius 2 is 1.86 bits per heavy atom. The fraction of sp³-hybridized carbons (Fsp3) is 0.345. The zero-order valence-corrected chi connectivity index (χ0v) is 20.5. The van der Waals surface area contributed by atoms with E-state index < -0.39 is 0 Å². The van der Waals surface area contributed by atoms with E-state index in [4.69, 9.17) is 15.9 Å². The van der Waals surface area contributed by atoms with E-state index >= 15 is 0 Å². The van der Waals surface area contributed by atoms with Crippen molar-refractivity contribution in [2.24, 2.45) is 5.92 Å². The second-order valence-corrected chi connectivity index (χ2v) is 9.18. The van der Waals surface area contributed by atoms with Gasteiger partial charge in [-0.15, -0.1) is 0 Å². The molecular formula is C29H34N4O2. The molecule has 35 heavy (non-hydrogen) atoms. The molecule has 1 aromatic heterocycles. The van der Waals surface area contributed by atoms with Crippen LogP contribution >= 0.6 is 0 Å². The molecule has 3 aromatic rings. The van der Waals surface area contributed by atoms with E-state index in [1.54, 1.807) is 24.4 Å². The number of nitrogen functional groups attached to an aromatic ring is 1. The summed E-state index contributed by atoms with van der Waals surface area (Å²) in [5.74, 6) is 1.02. The molecule has 0 saturated heterocycles. The average Bonchev–Trinajstić information content (AvgIpc) is 3.73. The fourth-order valence-corrected chi connectivity index (χ4v) is 4.28. The van der Waals surface area contributed by atoms with Gasteiger partial charge in [0, 0.05) is 28.6 Å². The summed E-state index contributed by atoms with van der Waals surface area (Å²) >= 11 is 0. The lowest BCUT2D eigenvalue weighted by Crippen LogP contribution is -2.30. The van der Waals surface area contributed by atoms with Gasteiger partial charge in [0.1, 0.15) is 5.75 Å². The quantitative estimate of drug-likeness (QED) is 0.239. The Labute approximate surface area is 207 Å². The highest BCUT2D eigenvalue weighted by Crippen LogP contribution is 2.40. The van der Waals surface area contributed by atoms with Crippen molar-refractivity contribution in [3.63, 3.8) is 0 Å². The van der Waals surface area contributed by atoms with Gasteiger partial charge in [0.15, 0.2) is 0 Å². The van der Waals surface area contributed by atoms with E-state index in [1.165, 1.54) is 0 Å². The number of nitrogens with zero attached hydrogens (tertiary/aromatic N) is 1. The Morgan fingerprint density at radius 1 is 1.11 bits per heavy atom. The molecule has 4 N–H and O–H groups in total. The number of carbonyl (C=O) groups excluding carboxylic acids is 1. The number of pyridine rings is 1. The average molecular weight is 471 g/mol. The summed E-state index contributed by atoms with van der Waals surface area (Å²) in [6, 6.07) is 18.3. The van der Waals surface area contributed by atoms with E-state index in [2.05, 4.69) is 24.1 Å². The first kappa shape index (κ1) is 24.5. The SMILES string of the molecule is CCCC(CC)Oc1ccc(C(=N)c2cc(C(=O)NC(c3ccccn3)C3CC3)ccc2N)cc1. The zero-order valence-electron chi connectivity index (χ0n) is 20.5. The van der Waals surface area contributed by atoms with Crippen LogP contribution in [0.4, 0.5) is 5.69 Å². The Kier molecular flexibility index (Phi) is 7.80. The second kappa shape index (κ2) is 11.2. The molecule has 0 radical (unpaired) electrons. The third kappa shape index (κ3) is 6.07. The van der Waals surface area contributed by atoms with E-state index in [1.807, 2.05) is 42.5 Å². The summed E-state index contributed by atoms with van der Waals surface area (Å²) in [6.45, 7) is 4.28. The van der Waals surface area contributed by atoms with Gasteiger partial charge in [-0.3, -0.25) is 15.2 Å². The Bertz CT molecular complexity index is 1160. The van der Waals surface area contributed by atoms with Crippen LogP contribution < -0.4 is 15.8 Å². The zero-order chi connectivity index (χ0) is 24.8.